The number of hydrogen-bond acceptors (Lipinski definition) is 2. The minimum absolute atomic E-state index is 0.0514. The molecule has 2 N–H and O–H groups in total. The van der Waals surface area contributed by atoms with Crippen LogP contribution in [0.2, 0.25) is 10.0 Å². The van der Waals surface area contributed by atoms with Crippen molar-refractivity contribution in [1.82, 2.24) is 0 Å². The van der Waals surface area contributed by atoms with E-state index in [4.69, 9.17) is 28.9 Å². The highest BCUT2D eigenvalue weighted by Gasteiger charge is 2.19. The first kappa shape index (κ1) is 13.8. The number of anilines is 1. The molecule has 0 bridgehead atoms. The molecule has 0 aliphatic carbocycles. The Morgan fingerprint density at radius 2 is 1.74 bits per heavy atom. The van der Waals surface area contributed by atoms with E-state index in [1.54, 1.807) is 0 Å². The predicted molar refractivity (Wildman–Crippen MR) is 70.7 cm³/mol. The molecule has 0 heterocycles. The Hall–Kier alpha value is -1.65. The Morgan fingerprint density at radius 3 is 2.42 bits per heavy atom. The van der Waals surface area contributed by atoms with Gasteiger partial charge in [0.2, 0.25) is 0 Å². The lowest BCUT2D eigenvalue weighted by atomic mass is 10.0. The standard InChI is InChI=1S/C13H7Cl2F2NO/c14-10-5-7(18)4-9(12(10)15)13(19)8-3-6(16)1-2-11(8)17/h1-5H,18H2. The van der Waals surface area contributed by atoms with Crippen LogP contribution in [0.25, 0.3) is 0 Å². The number of benzene rings is 2. The van der Waals surface area contributed by atoms with Gasteiger partial charge in [-0.05, 0) is 30.3 Å². The van der Waals surface area contributed by atoms with Crippen molar-refractivity contribution in [2.75, 3.05) is 5.73 Å². The zero-order valence-corrected chi connectivity index (χ0v) is 10.9. The van der Waals surface area contributed by atoms with E-state index in [-0.39, 0.29) is 21.3 Å². The lowest BCUT2D eigenvalue weighted by Crippen LogP contribution is -2.07. The Kier molecular flexibility index (Phi) is 3.73. The molecular weight excluding hydrogens is 295 g/mol. The lowest BCUT2D eigenvalue weighted by molar-refractivity contribution is 0.103. The summed E-state index contributed by atoms with van der Waals surface area (Å²) in [6, 6.07) is 5.21. The topological polar surface area (TPSA) is 43.1 Å². The summed E-state index contributed by atoms with van der Waals surface area (Å²) in [5.74, 6) is -2.35. The van der Waals surface area contributed by atoms with Crippen molar-refractivity contribution in [1.29, 1.82) is 0 Å². The van der Waals surface area contributed by atoms with Gasteiger partial charge in [-0.25, -0.2) is 8.78 Å². The summed E-state index contributed by atoms with van der Waals surface area (Å²) in [6.07, 6.45) is 0. The maximum Gasteiger partial charge on any atom is 0.197 e. The van der Waals surface area contributed by atoms with E-state index in [2.05, 4.69) is 0 Å². The summed E-state index contributed by atoms with van der Waals surface area (Å²) in [7, 11) is 0. The molecule has 0 radical (unpaired) electrons. The van der Waals surface area contributed by atoms with Crippen molar-refractivity contribution >= 4 is 34.7 Å². The van der Waals surface area contributed by atoms with E-state index >= 15 is 0 Å². The highest BCUT2D eigenvalue weighted by atomic mass is 35.5. The summed E-state index contributed by atoms with van der Waals surface area (Å²) in [6.45, 7) is 0. The highest BCUT2D eigenvalue weighted by Crippen LogP contribution is 2.30. The van der Waals surface area contributed by atoms with Gasteiger partial charge in [0.05, 0.1) is 15.6 Å². The molecule has 6 heteroatoms. The molecular formula is C13H7Cl2F2NO. The predicted octanol–water partition coefficient (Wildman–Crippen LogP) is 4.08. The van der Waals surface area contributed by atoms with Crippen LogP contribution in [0.4, 0.5) is 14.5 Å². The van der Waals surface area contributed by atoms with Crippen molar-refractivity contribution < 1.29 is 13.6 Å². The second-order valence-electron chi connectivity index (χ2n) is 3.82. The van der Waals surface area contributed by atoms with Crippen molar-refractivity contribution in [2.45, 2.75) is 0 Å². The van der Waals surface area contributed by atoms with Crippen LogP contribution in [0.5, 0.6) is 0 Å². The van der Waals surface area contributed by atoms with Crippen LogP contribution in [0.15, 0.2) is 30.3 Å². The Morgan fingerprint density at radius 1 is 1.05 bits per heavy atom. The Bertz CT molecular complexity index is 674. The maximum absolute atomic E-state index is 13.5. The zero-order chi connectivity index (χ0) is 14.2. The average molecular weight is 302 g/mol. The average Bonchev–Trinajstić information content (AvgIpc) is 2.36. The van der Waals surface area contributed by atoms with Crippen molar-refractivity contribution in [2.24, 2.45) is 0 Å². The summed E-state index contributed by atoms with van der Waals surface area (Å²) in [5, 5.41) is 0.0198. The Labute approximate surface area is 117 Å². The van der Waals surface area contributed by atoms with Gasteiger partial charge in [-0.3, -0.25) is 4.79 Å². The fraction of sp³-hybridized carbons (Fsp3) is 0. The van der Waals surface area contributed by atoms with Gasteiger partial charge in [-0.15, -0.1) is 0 Å². The van der Waals surface area contributed by atoms with Gasteiger partial charge in [0.1, 0.15) is 11.6 Å². The third kappa shape index (κ3) is 2.69. The van der Waals surface area contributed by atoms with Gasteiger partial charge in [0.25, 0.3) is 0 Å². The van der Waals surface area contributed by atoms with Gasteiger partial charge in [-0.1, -0.05) is 23.2 Å². The molecule has 0 aliphatic rings. The normalized spacial score (nSPS) is 10.5. The van der Waals surface area contributed by atoms with Crippen LogP contribution in [0, 0.1) is 11.6 Å². The van der Waals surface area contributed by atoms with Gasteiger partial charge < -0.3 is 5.73 Å². The first-order valence-corrected chi connectivity index (χ1v) is 5.90. The molecule has 0 spiro atoms. The summed E-state index contributed by atoms with van der Waals surface area (Å²) < 4.78 is 26.6. The van der Waals surface area contributed by atoms with E-state index in [1.165, 1.54) is 12.1 Å². The van der Waals surface area contributed by atoms with Crippen LogP contribution >= 0.6 is 23.2 Å². The summed E-state index contributed by atoms with van der Waals surface area (Å²) in [5.41, 5.74) is 5.25. The van der Waals surface area contributed by atoms with Gasteiger partial charge in [0.15, 0.2) is 5.78 Å². The summed E-state index contributed by atoms with van der Waals surface area (Å²) in [4.78, 5) is 12.1. The third-order valence-corrected chi connectivity index (χ3v) is 3.27. The quantitative estimate of drug-likeness (QED) is 0.671. The minimum atomic E-state index is -0.846. The number of hydrogen-bond donors (Lipinski definition) is 1. The number of carbonyl (C=O) groups excluding carboxylic acids is 1. The van der Waals surface area contributed by atoms with Crippen LogP contribution in [-0.2, 0) is 0 Å². The van der Waals surface area contributed by atoms with Crippen LogP contribution in [-0.4, -0.2) is 5.78 Å². The molecule has 19 heavy (non-hydrogen) atoms. The van der Waals surface area contributed by atoms with E-state index in [0.717, 1.165) is 18.2 Å². The number of ketones is 1. The molecule has 0 atom stereocenters. The second-order valence-corrected chi connectivity index (χ2v) is 4.60. The number of nitrogen functional groups attached to an aromatic ring is 1. The highest BCUT2D eigenvalue weighted by molar-refractivity contribution is 6.44. The first-order chi connectivity index (χ1) is 8.90. The molecule has 0 saturated heterocycles. The smallest absolute Gasteiger partial charge is 0.197 e. The molecule has 0 amide bonds. The van der Waals surface area contributed by atoms with Crippen LogP contribution < -0.4 is 5.73 Å². The molecule has 2 aromatic rings. The molecule has 2 rings (SSSR count). The van der Waals surface area contributed by atoms with E-state index in [0.29, 0.717) is 0 Å². The largest absolute Gasteiger partial charge is 0.399 e. The van der Waals surface area contributed by atoms with Gasteiger partial charge in [-0.2, -0.15) is 0 Å². The van der Waals surface area contributed by atoms with Gasteiger partial charge >= 0.3 is 0 Å². The molecule has 0 aliphatic heterocycles. The van der Waals surface area contributed by atoms with Crippen molar-refractivity contribution in [3.8, 4) is 0 Å². The molecule has 2 aromatic carbocycles. The third-order valence-electron chi connectivity index (χ3n) is 2.47. The Balaban J connectivity index is 2.59. The molecule has 0 unspecified atom stereocenters. The molecule has 98 valence electrons. The molecule has 0 fully saturated rings. The lowest BCUT2D eigenvalue weighted by Gasteiger charge is -2.07. The first-order valence-electron chi connectivity index (χ1n) is 5.14. The second kappa shape index (κ2) is 5.15. The van der Waals surface area contributed by atoms with E-state index in [9.17, 15) is 13.6 Å². The number of carbonyl (C=O) groups is 1. The van der Waals surface area contributed by atoms with E-state index < -0.39 is 23.0 Å². The molecule has 2 nitrogen and oxygen atoms in total. The minimum Gasteiger partial charge on any atom is -0.399 e. The van der Waals surface area contributed by atoms with Crippen LogP contribution in [0.1, 0.15) is 15.9 Å². The fourth-order valence-electron chi connectivity index (χ4n) is 1.59. The van der Waals surface area contributed by atoms with Crippen molar-refractivity contribution in [3.05, 3.63) is 63.1 Å². The number of rotatable bonds is 2. The molecule has 0 aromatic heterocycles. The van der Waals surface area contributed by atoms with Crippen LogP contribution in [0.3, 0.4) is 0 Å². The monoisotopic (exact) mass is 301 g/mol. The van der Waals surface area contributed by atoms with Crippen molar-refractivity contribution in [3.63, 3.8) is 0 Å². The SMILES string of the molecule is Nc1cc(Cl)c(Cl)c(C(=O)c2cc(F)ccc2F)c1. The number of halogens is 4. The summed E-state index contributed by atoms with van der Waals surface area (Å²) >= 11 is 11.7. The van der Waals surface area contributed by atoms with Gasteiger partial charge in [0, 0.05) is 11.3 Å². The molecule has 0 saturated carbocycles. The van der Waals surface area contributed by atoms with E-state index in [1.807, 2.05) is 0 Å². The zero-order valence-electron chi connectivity index (χ0n) is 9.38. The number of nitrogens with two attached hydrogens (primary N) is 1. The fourth-order valence-corrected chi connectivity index (χ4v) is 2.01. The maximum atomic E-state index is 13.5.